The molecule has 3 aromatic rings. The van der Waals surface area contributed by atoms with Crippen LogP contribution >= 0.6 is 11.6 Å². The monoisotopic (exact) mass is 685 g/mol. The Morgan fingerprint density at radius 3 is 2.54 bits per heavy atom. The second-order valence-electron chi connectivity index (χ2n) is 14.1. The number of benzene rings is 1. The number of nitrogens with one attached hydrogen (secondary N) is 2. The molecule has 2 amide bonds. The zero-order valence-electron chi connectivity index (χ0n) is 26.9. The van der Waals surface area contributed by atoms with E-state index in [1.165, 1.54) is 34.8 Å². The van der Waals surface area contributed by atoms with Gasteiger partial charge in [-0.1, -0.05) is 18.5 Å². The van der Waals surface area contributed by atoms with Crippen molar-refractivity contribution in [1.82, 2.24) is 29.5 Å². The molecule has 2 saturated carbocycles. The van der Waals surface area contributed by atoms with E-state index in [0.29, 0.717) is 35.4 Å². The van der Waals surface area contributed by atoms with Crippen LogP contribution in [-0.4, -0.2) is 68.0 Å². The van der Waals surface area contributed by atoms with Gasteiger partial charge in [-0.3, -0.25) is 19.1 Å². The van der Waals surface area contributed by atoms with Crippen molar-refractivity contribution in [3.63, 3.8) is 0 Å². The van der Waals surface area contributed by atoms with Crippen molar-refractivity contribution in [2.45, 2.75) is 64.1 Å². The van der Waals surface area contributed by atoms with E-state index in [1.54, 1.807) is 12.1 Å². The van der Waals surface area contributed by atoms with Crippen LogP contribution in [0.5, 0.6) is 0 Å². The molecule has 2 aliphatic carbocycles. The molecule has 14 heteroatoms. The van der Waals surface area contributed by atoms with Crippen molar-refractivity contribution >= 4 is 34.9 Å². The van der Waals surface area contributed by atoms with Gasteiger partial charge in [0.25, 0.3) is 5.91 Å². The number of hydrogen-bond acceptors (Lipinski definition) is 6. The van der Waals surface area contributed by atoms with Gasteiger partial charge in [-0.05, 0) is 87.1 Å². The molecule has 3 atom stereocenters. The van der Waals surface area contributed by atoms with E-state index in [9.17, 15) is 27.6 Å². The second kappa shape index (κ2) is 12.3. The number of nitrogens with zero attached hydrogens (tertiary/aromatic N) is 5. The normalized spacial score (nSPS) is 24.1. The fourth-order valence-corrected chi connectivity index (χ4v) is 8.17. The third kappa shape index (κ3) is 6.15. The summed E-state index contributed by atoms with van der Waals surface area (Å²) in [5.74, 6) is 0.626. The molecule has 0 radical (unpaired) electrons. The third-order valence-corrected chi connectivity index (χ3v) is 11.2. The topological polar surface area (TPSA) is 114 Å². The summed E-state index contributed by atoms with van der Waals surface area (Å²) in [4.78, 5) is 45.3. The summed E-state index contributed by atoms with van der Waals surface area (Å²) in [6.45, 7) is 5.69. The van der Waals surface area contributed by atoms with Crippen LogP contribution in [0.4, 0.5) is 18.9 Å². The minimum atomic E-state index is -4.66. The van der Waals surface area contributed by atoms with E-state index in [-0.39, 0.29) is 45.3 Å². The lowest BCUT2D eigenvalue weighted by molar-refractivity contribution is -0.141. The first-order chi connectivity index (χ1) is 22.8. The lowest BCUT2D eigenvalue weighted by Crippen LogP contribution is -2.41. The van der Waals surface area contributed by atoms with Crippen LogP contribution in [0.25, 0.3) is 11.3 Å². The number of anilines is 1. The van der Waals surface area contributed by atoms with Crippen molar-refractivity contribution in [2.75, 3.05) is 31.5 Å². The third-order valence-electron chi connectivity index (χ3n) is 10.9. The minimum absolute atomic E-state index is 0.0508. The van der Waals surface area contributed by atoms with E-state index in [0.717, 1.165) is 64.7 Å². The molecule has 4 aliphatic rings. The SMILES string of the molecule is Cn1c(-c2cn(C3CC3)nc2C(F)(F)F)cnc1C(=O)Nc1ccc(C(=O)CCC[C@H]2[C@@H]3CN(C(=O)C4CCNCC4)C[C@]23C)c(Cl)c1. The van der Waals surface area contributed by atoms with E-state index in [2.05, 4.69) is 32.5 Å². The quantitative estimate of drug-likeness (QED) is 0.254. The summed E-state index contributed by atoms with van der Waals surface area (Å²) in [6.07, 6.45) is 3.27. The van der Waals surface area contributed by atoms with Gasteiger partial charge in [0.15, 0.2) is 17.3 Å². The molecule has 2 saturated heterocycles. The molecule has 2 aliphatic heterocycles. The highest BCUT2D eigenvalue weighted by Gasteiger charge is 2.65. The molecule has 2 N–H and O–H groups in total. The number of piperidine rings is 2. The molecule has 0 spiro atoms. The maximum atomic E-state index is 13.8. The van der Waals surface area contributed by atoms with Crippen molar-refractivity contribution in [1.29, 1.82) is 0 Å². The Bertz CT molecular complexity index is 1760. The highest BCUT2D eigenvalue weighted by Crippen LogP contribution is 2.65. The van der Waals surface area contributed by atoms with Gasteiger partial charge in [0, 0.05) is 49.9 Å². The largest absolute Gasteiger partial charge is 0.435 e. The van der Waals surface area contributed by atoms with Crippen molar-refractivity contribution in [3.8, 4) is 11.3 Å². The number of rotatable bonds is 10. The molecule has 4 fully saturated rings. The second-order valence-corrected chi connectivity index (χ2v) is 14.5. The zero-order chi connectivity index (χ0) is 34.0. The number of carbonyl (C=O) groups is 3. The number of ketones is 1. The van der Waals surface area contributed by atoms with Crippen LogP contribution in [0, 0.1) is 23.2 Å². The molecule has 0 unspecified atom stereocenters. The van der Waals surface area contributed by atoms with Gasteiger partial charge in [-0.15, -0.1) is 0 Å². The van der Waals surface area contributed by atoms with Gasteiger partial charge in [0.05, 0.1) is 28.5 Å². The van der Waals surface area contributed by atoms with Gasteiger partial charge in [-0.25, -0.2) is 4.98 Å². The van der Waals surface area contributed by atoms with Gasteiger partial charge in [-0.2, -0.15) is 18.3 Å². The first-order valence-corrected chi connectivity index (χ1v) is 17.0. The van der Waals surface area contributed by atoms with E-state index in [4.69, 9.17) is 11.6 Å². The van der Waals surface area contributed by atoms with Crippen LogP contribution in [-0.2, 0) is 18.0 Å². The predicted octanol–water partition coefficient (Wildman–Crippen LogP) is 5.99. The Hall–Kier alpha value is -3.71. The number of aromatic nitrogens is 4. The van der Waals surface area contributed by atoms with Gasteiger partial charge >= 0.3 is 6.18 Å². The van der Waals surface area contributed by atoms with Crippen LogP contribution < -0.4 is 10.6 Å². The van der Waals surface area contributed by atoms with E-state index < -0.39 is 17.8 Å². The molecule has 10 nitrogen and oxygen atoms in total. The Morgan fingerprint density at radius 2 is 1.90 bits per heavy atom. The number of halogens is 4. The summed E-state index contributed by atoms with van der Waals surface area (Å²) in [5, 5.41) is 9.97. The summed E-state index contributed by atoms with van der Waals surface area (Å²) in [5.41, 5.74) is -0.218. The minimum Gasteiger partial charge on any atom is -0.342 e. The smallest absolute Gasteiger partial charge is 0.342 e. The number of hydrogen-bond donors (Lipinski definition) is 2. The van der Waals surface area contributed by atoms with Crippen molar-refractivity contribution < 1.29 is 27.6 Å². The highest BCUT2D eigenvalue weighted by molar-refractivity contribution is 6.34. The van der Waals surface area contributed by atoms with Gasteiger partial charge < -0.3 is 20.1 Å². The molecule has 48 heavy (non-hydrogen) atoms. The Morgan fingerprint density at radius 1 is 1.15 bits per heavy atom. The lowest BCUT2D eigenvalue weighted by atomic mass is 9.95. The first-order valence-electron chi connectivity index (χ1n) is 16.7. The van der Waals surface area contributed by atoms with Crippen molar-refractivity contribution in [2.24, 2.45) is 30.2 Å². The van der Waals surface area contributed by atoms with Crippen LogP contribution in [0.15, 0.2) is 30.6 Å². The molecule has 2 aromatic heterocycles. The summed E-state index contributed by atoms with van der Waals surface area (Å²) in [7, 11) is 1.47. The maximum absolute atomic E-state index is 13.8. The van der Waals surface area contributed by atoms with E-state index >= 15 is 0 Å². The Balaban J connectivity index is 0.925. The number of Topliss-reactive ketones (excluding diaryl/α,β-unsaturated/α-hetero) is 1. The fraction of sp³-hybridized carbons (Fsp3) is 0.559. The summed E-state index contributed by atoms with van der Waals surface area (Å²) < 4.78 is 43.9. The predicted molar refractivity (Wildman–Crippen MR) is 173 cm³/mol. The highest BCUT2D eigenvalue weighted by atomic mass is 35.5. The molecule has 7 rings (SSSR count). The van der Waals surface area contributed by atoms with Crippen LogP contribution in [0.2, 0.25) is 5.02 Å². The standard InChI is InChI=1S/C34H39ClF3N7O3/c1-33-18-44(32(48)19-10-12-39-13-11-19)17-25(33)24(33)4-3-5-28(46)22-9-6-20(14-26(22)35)41-31(47)30-40-15-27(43(30)2)23-16-45(21-7-8-21)42-29(23)34(36,37)38/h6,9,14-16,19,21,24-25,39H,3-5,7-8,10-13,17-18H2,1-2H3,(H,41,47)/t24-,25-,33+/m0/s1. The Kier molecular flexibility index (Phi) is 8.42. The molecular weight excluding hydrogens is 647 g/mol. The lowest BCUT2D eigenvalue weighted by Gasteiger charge is -2.29. The average Bonchev–Trinajstić information content (AvgIpc) is 3.78. The number of likely N-dealkylation sites (tertiary alicyclic amines) is 1. The van der Waals surface area contributed by atoms with Crippen LogP contribution in [0.1, 0.15) is 84.6 Å². The molecule has 4 heterocycles. The number of imidazole rings is 1. The molecule has 1 aromatic carbocycles. The van der Waals surface area contributed by atoms with Crippen molar-refractivity contribution in [3.05, 3.63) is 52.7 Å². The molecular formula is C34H39ClF3N7O3. The number of alkyl halides is 3. The van der Waals surface area contributed by atoms with Gasteiger partial charge in [0.1, 0.15) is 0 Å². The first kappa shape index (κ1) is 32.8. The number of fused-ring (bicyclic) bond motifs is 1. The Labute approximate surface area is 281 Å². The molecule has 0 bridgehead atoms. The molecule has 256 valence electrons. The maximum Gasteiger partial charge on any atom is 0.435 e. The fourth-order valence-electron chi connectivity index (χ4n) is 7.88. The number of amides is 2. The number of carbonyl (C=O) groups excluding carboxylic acids is 3. The summed E-state index contributed by atoms with van der Waals surface area (Å²) in [6, 6.07) is 4.58. The van der Waals surface area contributed by atoms with Gasteiger partial charge in [0.2, 0.25) is 5.91 Å². The average molecular weight is 686 g/mol. The summed E-state index contributed by atoms with van der Waals surface area (Å²) >= 11 is 6.48. The van der Waals surface area contributed by atoms with E-state index in [1.807, 2.05) is 0 Å². The zero-order valence-corrected chi connectivity index (χ0v) is 27.7. The van der Waals surface area contributed by atoms with Crippen LogP contribution in [0.3, 0.4) is 0 Å².